The van der Waals surface area contributed by atoms with E-state index < -0.39 is 9.84 Å². The maximum atomic E-state index is 12.3. The number of thioether (sulfide) groups is 1. The SMILES string of the molecule is CCS(=O)(=O)C1CSCCN1CC1CC12CCNCC2. The maximum absolute atomic E-state index is 12.3. The summed E-state index contributed by atoms with van der Waals surface area (Å²) in [5.41, 5.74) is 0.552. The maximum Gasteiger partial charge on any atom is 0.166 e. The first-order valence-electron chi connectivity index (χ1n) is 7.81. The molecule has 116 valence electrons. The van der Waals surface area contributed by atoms with Gasteiger partial charge in [0.2, 0.25) is 0 Å². The zero-order valence-corrected chi connectivity index (χ0v) is 13.9. The van der Waals surface area contributed by atoms with Crippen molar-refractivity contribution in [2.45, 2.75) is 31.6 Å². The van der Waals surface area contributed by atoms with Gasteiger partial charge in [0.1, 0.15) is 5.37 Å². The van der Waals surface area contributed by atoms with Crippen molar-refractivity contribution in [1.29, 1.82) is 0 Å². The Hall–Kier alpha value is 0.220. The van der Waals surface area contributed by atoms with Crippen LogP contribution >= 0.6 is 11.8 Å². The number of hydrogen-bond donors (Lipinski definition) is 1. The molecule has 0 aromatic carbocycles. The summed E-state index contributed by atoms with van der Waals surface area (Å²) in [4.78, 5) is 2.27. The van der Waals surface area contributed by atoms with E-state index in [-0.39, 0.29) is 11.1 Å². The summed E-state index contributed by atoms with van der Waals surface area (Å²) in [5, 5.41) is 3.20. The topological polar surface area (TPSA) is 49.4 Å². The van der Waals surface area contributed by atoms with Crippen LogP contribution in [0.3, 0.4) is 0 Å². The van der Waals surface area contributed by atoms with E-state index in [9.17, 15) is 8.42 Å². The van der Waals surface area contributed by atoms with E-state index in [0.29, 0.717) is 5.41 Å². The van der Waals surface area contributed by atoms with Crippen LogP contribution in [-0.4, -0.2) is 62.1 Å². The zero-order chi connectivity index (χ0) is 14.2. The van der Waals surface area contributed by atoms with E-state index in [0.717, 1.165) is 43.6 Å². The fourth-order valence-electron chi connectivity index (χ4n) is 3.86. The van der Waals surface area contributed by atoms with Crippen molar-refractivity contribution in [2.24, 2.45) is 11.3 Å². The highest BCUT2D eigenvalue weighted by atomic mass is 32.2. The van der Waals surface area contributed by atoms with Gasteiger partial charge in [-0.3, -0.25) is 4.90 Å². The third-order valence-corrected chi connectivity index (χ3v) is 8.75. The molecule has 1 spiro atoms. The zero-order valence-electron chi connectivity index (χ0n) is 12.3. The molecule has 0 radical (unpaired) electrons. The van der Waals surface area contributed by atoms with Gasteiger partial charge in [-0.25, -0.2) is 8.42 Å². The van der Waals surface area contributed by atoms with Crippen LogP contribution in [0.25, 0.3) is 0 Å². The van der Waals surface area contributed by atoms with Crippen LogP contribution < -0.4 is 5.32 Å². The van der Waals surface area contributed by atoms with Crippen molar-refractivity contribution >= 4 is 21.6 Å². The van der Waals surface area contributed by atoms with Crippen LogP contribution in [0.2, 0.25) is 0 Å². The summed E-state index contributed by atoms with van der Waals surface area (Å²) < 4.78 is 24.5. The van der Waals surface area contributed by atoms with Gasteiger partial charge < -0.3 is 5.32 Å². The van der Waals surface area contributed by atoms with E-state index in [1.54, 1.807) is 18.7 Å². The predicted molar refractivity (Wildman–Crippen MR) is 84.8 cm³/mol. The van der Waals surface area contributed by atoms with Crippen LogP contribution in [0.4, 0.5) is 0 Å². The van der Waals surface area contributed by atoms with Gasteiger partial charge >= 0.3 is 0 Å². The molecular weight excluding hydrogens is 292 g/mol. The Kier molecular flexibility index (Phi) is 4.37. The minimum atomic E-state index is -2.94. The molecule has 2 unspecified atom stereocenters. The first-order chi connectivity index (χ1) is 9.57. The highest BCUT2D eigenvalue weighted by molar-refractivity contribution is 8.01. The molecular formula is C14H26N2O2S2. The van der Waals surface area contributed by atoms with Crippen molar-refractivity contribution in [3.8, 4) is 0 Å². The highest BCUT2D eigenvalue weighted by Gasteiger charge is 2.54. The number of hydrogen-bond acceptors (Lipinski definition) is 5. The molecule has 0 bridgehead atoms. The molecule has 1 N–H and O–H groups in total. The number of nitrogens with one attached hydrogen (secondary N) is 1. The molecule has 1 saturated carbocycles. The van der Waals surface area contributed by atoms with Gasteiger partial charge in [-0.1, -0.05) is 6.92 Å². The lowest BCUT2D eigenvalue weighted by molar-refractivity contribution is 0.226. The summed E-state index contributed by atoms with van der Waals surface area (Å²) in [5.74, 6) is 2.85. The van der Waals surface area contributed by atoms with Gasteiger partial charge in [-0.15, -0.1) is 0 Å². The lowest BCUT2D eigenvalue weighted by Crippen LogP contribution is -2.49. The fraction of sp³-hybridized carbons (Fsp3) is 1.00. The van der Waals surface area contributed by atoms with E-state index in [2.05, 4.69) is 10.2 Å². The Morgan fingerprint density at radius 3 is 2.80 bits per heavy atom. The van der Waals surface area contributed by atoms with Gasteiger partial charge in [-0.05, 0) is 43.7 Å². The fourth-order valence-corrected chi connectivity index (χ4v) is 6.95. The quantitative estimate of drug-likeness (QED) is 0.844. The summed E-state index contributed by atoms with van der Waals surface area (Å²) >= 11 is 1.79. The standard InChI is InChI=1S/C14H26N2O2S2/c1-2-20(17,18)13-11-19-8-7-16(13)10-12-9-14(12)3-5-15-6-4-14/h12-13,15H,2-11H2,1H3. The van der Waals surface area contributed by atoms with Gasteiger partial charge in [0.15, 0.2) is 9.84 Å². The van der Waals surface area contributed by atoms with Crippen LogP contribution in [0.15, 0.2) is 0 Å². The lowest BCUT2D eigenvalue weighted by Gasteiger charge is -2.35. The third kappa shape index (κ3) is 2.89. The van der Waals surface area contributed by atoms with E-state index in [1.807, 2.05) is 0 Å². The molecule has 20 heavy (non-hydrogen) atoms. The molecule has 4 nitrogen and oxygen atoms in total. The smallest absolute Gasteiger partial charge is 0.166 e. The Morgan fingerprint density at radius 1 is 1.35 bits per heavy atom. The van der Waals surface area contributed by atoms with E-state index in [4.69, 9.17) is 0 Å². The second-order valence-corrected chi connectivity index (χ2v) is 10.1. The Bertz CT molecular complexity index is 446. The second-order valence-electron chi connectivity index (χ2n) is 6.49. The number of sulfone groups is 1. The monoisotopic (exact) mass is 318 g/mol. The summed E-state index contributed by atoms with van der Waals surface area (Å²) in [6, 6.07) is 0. The lowest BCUT2D eigenvalue weighted by atomic mass is 9.92. The van der Waals surface area contributed by atoms with Crippen LogP contribution in [0, 0.1) is 11.3 Å². The molecule has 3 fully saturated rings. The van der Waals surface area contributed by atoms with Crippen LogP contribution in [0.1, 0.15) is 26.2 Å². The molecule has 3 rings (SSSR count). The molecule has 1 aliphatic carbocycles. The largest absolute Gasteiger partial charge is 0.317 e. The number of piperidine rings is 1. The molecule has 6 heteroatoms. The molecule has 2 heterocycles. The first-order valence-corrected chi connectivity index (χ1v) is 10.7. The Balaban J connectivity index is 1.64. The van der Waals surface area contributed by atoms with E-state index >= 15 is 0 Å². The summed E-state index contributed by atoms with van der Waals surface area (Å²) in [6.07, 6.45) is 3.88. The van der Waals surface area contributed by atoms with E-state index in [1.165, 1.54) is 19.3 Å². The summed E-state index contributed by atoms with van der Waals surface area (Å²) in [6.45, 7) is 6.01. The second kappa shape index (κ2) is 5.78. The predicted octanol–water partition coefficient (Wildman–Crippen LogP) is 1.19. The van der Waals surface area contributed by atoms with Crippen molar-refractivity contribution in [2.75, 3.05) is 43.4 Å². The van der Waals surface area contributed by atoms with Crippen molar-refractivity contribution < 1.29 is 8.42 Å². The van der Waals surface area contributed by atoms with Crippen molar-refractivity contribution in [3.05, 3.63) is 0 Å². The van der Waals surface area contributed by atoms with Crippen LogP contribution in [-0.2, 0) is 9.84 Å². The first kappa shape index (κ1) is 15.1. The average molecular weight is 319 g/mol. The van der Waals surface area contributed by atoms with Gasteiger partial charge in [0.05, 0.1) is 0 Å². The number of rotatable bonds is 4. The van der Waals surface area contributed by atoms with Crippen LogP contribution in [0.5, 0.6) is 0 Å². The molecule has 0 aromatic heterocycles. The van der Waals surface area contributed by atoms with Gasteiger partial charge in [-0.2, -0.15) is 11.8 Å². The van der Waals surface area contributed by atoms with Crippen molar-refractivity contribution in [3.63, 3.8) is 0 Å². The molecule has 2 atom stereocenters. The average Bonchev–Trinajstić information content (AvgIpc) is 3.11. The van der Waals surface area contributed by atoms with Gasteiger partial charge in [0.25, 0.3) is 0 Å². The molecule has 2 saturated heterocycles. The Labute approximate surface area is 127 Å². The minimum Gasteiger partial charge on any atom is -0.317 e. The molecule has 3 aliphatic rings. The third-order valence-electron chi connectivity index (χ3n) is 5.42. The summed E-state index contributed by atoms with van der Waals surface area (Å²) in [7, 11) is -2.94. The highest BCUT2D eigenvalue weighted by Crippen LogP contribution is 2.58. The van der Waals surface area contributed by atoms with Gasteiger partial charge in [0, 0.05) is 30.3 Å². The minimum absolute atomic E-state index is 0.231. The van der Waals surface area contributed by atoms with Crippen molar-refractivity contribution in [1.82, 2.24) is 10.2 Å². The Morgan fingerprint density at radius 2 is 2.10 bits per heavy atom. The normalized spacial score (nSPS) is 34.2. The molecule has 0 aromatic rings. The molecule has 0 amide bonds. The number of nitrogens with zero attached hydrogens (tertiary/aromatic N) is 1. The molecule has 2 aliphatic heterocycles.